The fourth-order valence-corrected chi connectivity index (χ4v) is 3.03. The molecule has 0 bridgehead atoms. The maximum atomic E-state index is 12.3. The van der Waals surface area contributed by atoms with Crippen molar-refractivity contribution in [2.75, 3.05) is 37.8 Å². The summed E-state index contributed by atoms with van der Waals surface area (Å²) in [6.07, 6.45) is -0.463. The third kappa shape index (κ3) is 8.27. The Bertz CT molecular complexity index is 791. The van der Waals surface area contributed by atoms with Crippen molar-refractivity contribution in [2.45, 2.75) is 26.0 Å². The minimum absolute atomic E-state index is 0.0261. The molecule has 0 aliphatic rings. The van der Waals surface area contributed by atoms with Crippen LogP contribution in [0.5, 0.6) is 0 Å². The first-order valence-electron chi connectivity index (χ1n) is 10.3. The first-order chi connectivity index (χ1) is 15.1. The lowest BCUT2D eigenvalue weighted by molar-refractivity contribution is -0.145. The van der Waals surface area contributed by atoms with Crippen LogP contribution in [0.25, 0.3) is 0 Å². The number of esters is 1. The van der Waals surface area contributed by atoms with Gasteiger partial charge in [0.15, 0.2) is 0 Å². The highest BCUT2D eigenvalue weighted by Gasteiger charge is 2.23. The highest BCUT2D eigenvalue weighted by atomic mass is 16.6. The molecule has 168 valence electrons. The maximum Gasteiger partial charge on any atom is 0.408 e. The van der Waals surface area contributed by atoms with Gasteiger partial charge in [-0.2, -0.15) is 0 Å². The van der Waals surface area contributed by atoms with E-state index in [1.165, 1.54) is 0 Å². The monoisotopic (exact) mass is 430 g/mol. The van der Waals surface area contributed by atoms with Crippen LogP contribution in [-0.2, 0) is 27.3 Å². The molecule has 0 radical (unpaired) electrons. The number of ether oxygens (including phenoxy) is 2. The molecule has 0 aliphatic heterocycles. The Kier molecular flexibility index (Phi) is 10.3. The van der Waals surface area contributed by atoms with Gasteiger partial charge in [-0.15, -0.1) is 0 Å². The largest absolute Gasteiger partial charge is 0.464 e. The third-order valence-electron chi connectivity index (χ3n) is 4.56. The quantitative estimate of drug-likeness (QED) is 0.441. The zero-order chi connectivity index (χ0) is 22.5. The number of nitrogens with one attached hydrogen (secondary N) is 1. The highest BCUT2D eigenvalue weighted by molar-refractivity contribution is 5.81. The van der Waals surface area contributed by atoms with Crippen LogP contribution in [-0.4, -0.2) is 61.2 Å². The average Bonchev–Trinajstić information content (AvgIpc) is 2.78. The molecule has 2 rings (SSSR count). The first-order valence-corrected chi connectivity index (χ1v) is 10.3. The van der Waals surface area contributed by atoms with Gasteiger partial charge in [-0.1, -0.05) is 42.5 Å². The van der Waals surface area contributed by atoms with Gasteiger partial charge < -0.3 is 29.9 Å². The Balaban J connectivity index is 2.01. The lowest BCUT2D eigenvalue weighted by Gasteiger charge is -2.23. The number of hydrogen-bond donors (Lipinski definition) is 3. The number of benzene rings is 2. The molecule has 0 unspecified atom stereocenters. The van der Waals surface area contributed by atoms with E-state index in [1.807, 2.05) is 59.5 Å². The highest BCUT2D eigenvalue weighted by Crippen LogP contribution is 2.16. The van der Waals surface area contributed by atoms with E-state index in [9.17, 15) is 19.8 Å². The van der Waals surface area contributed by atoms with E-state index in [4.69, 9.17) is 9.47 Å². The van der Waals surface area contributed by atoms with E-state index in [0.717, 1.165) is 16.8 Å². The molecule has 0 aromatic heterocycles. The lowest BCUT2D eigenvalue weighted by Crippen LogP contribution is -2.43. The number of anilines is 1. The van der Waals surface area contributed by atoms with Crippen molar-refractivity contribution in [1.82, 2.24) is 5.32 Å². The molecular weight excluding hydrogens is 400 g/mol. The molecule has 8 nitrogen and oxygen atoms in total. The maximum absolute atomic E-state index is 12.3. The predicted molar refractivity (Wildman–Crippen MR) is 117 cm³/mol. The number of hydrogen-bond acceptors (Lipinski definition) is 7. The molecule has 31 heavy (non-hydrogen) atoms. The summed E-state index contributed by atoms with van der Waals surface area (Å²) in [6.45, 7) is 2.76. The number of nitrogens with zero attached hydrogens (tertiary/aromatic N) is 1. The van der Waals surface area contributed by atoms with Crippen molar-refractivity contribution >= 4 is 17.7 Å². The van der Waals surface area contributed by atoms with Crippen molar-refractivity contribution in [2.24, 2.45) is 0 Å². The van der Waals surface area contributed by atoms with E-state index in [2.05, 4.69) is 5.32 Å². The Hall–Kier alpha value is -3.10. The number of aliphatic hydroxyl groups is 2. The standard InChI is InChI=1S/C23H30N2O6/c1-2-30-22(28)21(24-23(29)31-17-19-6-4-3-5-7-19)16-18-8-10-20(11-9-18)25(12-14-26)13-15-27/h3-11,21,26-27H,2,12-17H2,1H3,(H,24,29)/t21-/m0/s1. The molecule has 3 N–H and O–H groups in total. The molecule has 0 saturated carbocycles. The van der Waals surface area contributed by atoms with Crippen molar-refractivity contribution in [3.8, 4) is 0 Å². The summed E-state index contributed by atoms with van der Waals surface area (Å²) in [7, 11) is 0. The summed E-state index contributed by atoms with van der Waals surface area (Å²) >= 11 is 0. The molecule has 0 aliphatic carbocycles. The summed E-state index contributed by atoms with van der Waals surface area (Å²) in [6, 6.07) is 15.7. The molecule has 1 amide bonds. The minimum atomic E-state index is -0.889. The van der Waals surface area contributed by atoms with Crippen LogP contribution in [0, 0.1) is 0 Å². The van der Waals surface area contributed by atoms with Crippen molar-refractivity contribution in [3.05, 3.63) is 65.7 Å². The molecular formula is C23H30N2O6. The molecule has 2 aromatic rings. The van der Waals surface area contributed by atoms with Crippen LogP contribution >= 0.6 is 0 Å². The first kappa shape index (κ1) is 24.2. The topological polar surface area (TPSA) is 108 Å². The van der Waals surface area contributed by atoms with Gasteiger partial charge in [-0.05, 0) is 30.2 Å². The minimum Gasteiger partial charge on any atom is -0.464 e. The van der Waals surface area contributed by atoms with Crippen molar-refractivity contribution < 1.29 is 29.3 Å². The number of carbonyl (C=O) groups is 2. The Morgan fingerprint density at radius 2 is 1.58 bits per heavy atom. The van der Waals surface area contributed by atoms with Gasteiger partial charge in [0.1, 0.15) is 12.6 Å². The molecule has 8 heteroatoms. The number of alkyl carbamates (subject to hydrolysis) is 1. The normalized spacial score (nSPS) is 11.5. The zero-order valence-corrected chi connectivity index (χ0v) is 17.7. The van der Waals surface area contributed by atoms with E-state index in [0.29, 0.717) is 13.1 Å². The average molecular weight is 431 g/mol. The van der Waals surface area contributed by atoms with E-state index >= 15 is 0 Å². The number of amides is 1. The fraction of sp³-hybridized carbons (Fsp3) is 0.391. The Labute approximate surface area is 182 Å². The molecule has 1 atom stereocenters. The lowest BCUT2D eigenvalue weighted by atomic mass is 10.1. The summed E-state index contributed by atoms with van der Waals surface area (Å²) in [5.41, 5.74) is 2.50. The van der Waals surface area contributed by atoms with Gasteiger partial charge in [-0.25, -0.2) is 9.59 Å². The van der Waals surface area contributed by atoms with Crippen LogP contribution < -0.4 is 10.2 Å². The molecule has 0 fully saturated rings. The van der Waals surface area contributed by atoms with Crippen LogP contribution in [0.2, 0.25) is 0 Å². The van der Waals surface area contributed by atoms with Crippen LogP contribution in [0.15, 0.2) is 54.6 Å². The zero-order valence-electron chi connectivity index (χ0n) is 17.7. The van der Waals surface area contributed by atoms with Gasteiger partial charge >= 0.3 is 12.1 Å². The number of carbonyl (C=O) groups excluding carboxylic acids is 2. The van der Waals surface area contributed by atoms with E-state index in [1.54, 1.807) is 6.92 Å². The predicted octanol–water partition coefficient (Wildman–Crippen LogP) is 1.88. The third-order valence-corrected chi connectivity index (χ3v) is 4.56. The summed E-state index contributed by atoms with van der Waals surface area (Å²) in [4.78, 5) is 26.4. The van der Waals surface area contributed by atoms with Gasteiger partial charge in [0, 0.05) is 25.2 Å². The Morgan fingerprint density at radius 3 is 2.16 bits per heavy atom. The second-order valence-electron chi connectivity index (χ2n) is 6.82. The van der Waals surface area contributed by atoms with Gasteiger partial charge in [-0.3, -0.25) is 0 Å². The van der Waals surface area contributed by atoms with E-state index in [-0.39, 0.29) is 32.8 Å². The second kappa shape index (κ2) is 13.3. The summed E-state index contributed by atoms with van der Waals surface area (Å²) in [5.74, 6) is -0.537. The van der Waals surface area contributed by atoms with Gasteiger partial charge in [0.25, 0.3) is 0 Å². The molecule has 0 saturated heterocycles. The van der Waals surface area contributed by atoms with E-state index < -0.39 is 18.1 Å². The summed E-state index contributed by atoms with van der Waals surface area (Å²) < 4.78 is 10.3. The van der Waals surface area contributed by atoms with Crippen molar-refractivity contribution in [1.29, 1.82) is 0 Å². The van der Waals surface area contributed by atoms with Gasteiger partial charge in [0.2, 0.25) is 0 Å². The summed E-state index contributed by atoms with van der Waals surface area (Å²) in [5, 5.41) is 21.0. The smallest absolute Gasteiger partial charge is 0.408 e. The molecule has 2 aromatic carbocycles. The SMILES string of the molecule is CCOC(=O)[C@H](Cc1ccc(N(CCO)CCO)cc1)NC(=O)OCc1ccccc1. The number of aliphatic hydroxyl groups excluding tert-OH is 2. The fourth-order valence-electron chi connectivity index (χ4n) is 3.03. The second-order valence-corrected chi connectivity index (χ2v) is 6.82. The van der Waals surface area contributed by atoms with Crippen LogP contribution in [0.3, 0.4) is 0 Å². The van der Waals surface area contributed by atoms with Crippen LogP contribution in [0.4, 0.5) is 10.5 Å². The van der Waals surface area contributed by atoms with Crippen molar-refractivity contribution in [3.63, 3.8) is 0 Å². The van der Waals surface area contributed by atoms with Gasteiger partial charge in [0.05, 0.1) is 19.8 Å². The Morgan fingerprint density at radius 1 is 0.935 bits per heavy atom. The molecule has 0 heterocycles. The molecule has 0 spiro atoms. The van der Waals surface area contributed by atoms with Crippen LogP contribution in [0.1, 0.15) is 18.1 Å². The number of rotatable bonds is 12.